The normalized spacial score (nSPS) is 22.9. The van der Waals surface area contributed by atoms with Gasteiger partial charge in [-0.1, -0.05) is 13.8 Å². The van der Waals surface area contributed by atoms with Crippen molar-refractivity contribution in [3.63, 3.8) is 0 Å². The smallest absolute Gasteiger partial charge is 0.0524 e. The standard InChI is InChI=1S/C11H19N3/c1-8(2)10-7-13-14-11(10)9-4-3-5-12-6-9/h7-9,12H,3-6H2,1-2H3,(H,13,14)/t9-/m1/s1. The molecular formula is C11H19N3. The Kier molecular flexibility index (Phi) is 2.87. The predicted molar refractivity (Wildman–Crippen MR) is 57.5 cm³/mol. The highest BCUT2D eigenvalue weighted by Gasteiger charge is 2.20. The fourth-order valence-corrected chi connectivity index (χ4v) is 2.19. The fraction of sp³-hybridized carbons (Fsp3) is 0.727. The van der Waals surface area contributed by atoms with E-state index in [2.05, 4.69) is 29.4 Å². The first-order chi connectivity index (χ1) is 6.79. The van der Waals surface area contributed by atoms with Crippen molar-refractivity contribution < 1.29 is 0 Å². The van der Waals surface area contributed by atoms with Gasteiger partial charge in [0, 0.05) is 18.2 Å². The van der Waals surface area contributed by atoms with Gasteiger partial charge in [0.05, 0.1) is 6.20 Å². The number of rotatable bonds is 2. The number of nitrogens with zero attached hydrogens (tertiary/aromatic N) is 1. The first kappa shape index (κ1) is 9.71. The van der Waals surface area contributed by atoms with E-state index in [-0.39, 0.29) is 0 Å². The fourth-order valence-electron chi connectivity index (χ4n) is 2.19. The maximum atomic E-state index is 4.17. The van der Waals surface area contributed by atoms with Gasteiger partial charge in [-0.25, -0.2) is 0 Å². The van der Waals surface area contributed by atoms with Crippen molar-refractivity contribution in [1.82, 2.24) is 15.5 Å². The molecule has 2 heterocycles. The molecule has 1 aliphatic rings. The molecule has 2 rings (SSSR count). The number of aromatic amines is 1. The van der Waals surface area contributed by atoms with E-state index in [0.717, 1.165) is 6.54 Å². The average molecular weight is 193 g/mol. The third-order valence-electron chi connectivity index (χ3n) is 3.03. The van der Waals surface area contributed by atoms with Crippen molar-refractivity contribution in [1.29, 1.82) is 0 Å². The van der Waals surface area contributed by atoms with Gasteiger partial charge >= 0.3 is 0 Å². The van der Waals surface area contributed by atoms with E-state index in [4.69, 9.17) is 0 Å². The van der Waals surface area contributed by atoms with Crippen LogP contribution in [-0.4, -0.2) is 23.3 Å². The third-order valence-corrected chi connectivity index (χ3v) is 3.03. The molecule has 0 aromatic carbocycles. The second kappa shape index (κ2) is 4.13. The molecule has 3 heteroatoms. The summed E-state index contributed by atoms with van der Waals surface area (Å²) in [7, 11) is 0. The molecule has 0 unspecified atom stereocenters. The molecule has 0 bridgehead atoms. The van der Waals surface area contributed by atoms with Crippen molar-refractivity contribution in [3.05, 3.63) is 17.5 Å². The van der Waals surface area contributed by atoms with Crippen LogP contribution in [0.5, 0.6) is 0 Å². The minimum absolute atomic E-state index is 0.575. The molecule has 1 aromatic heterocycles. The van der Waals surface area contributed by atoms with Crippen LogP contribution in [0.3, 0.4) is 0 Å². The van der Waals surface area contributed by atoms with E-state index in [1.54, 1.807) is 0 Å². The van der Waals surface area contributed by atoms with Gasteiger partial charge in [0.1, 0.15) is 0 Å². The number of piperidine rings is 1. The van der Waals surface area contributed by atoms with Gasteiger partial charge < -0.3 is 5.32 Å². The first-order valence-electron chi connectivity index (χ1n) is 5.53. The monoisotopic (exact) mass is 193 g/mol. The van der Waals surface area contributed by atoms with Crippen LogP contribution in [-0.2, 0) is 0 Å². The van der Waals surface area contributed by atoms with Gasteiger partial charge in [-0.15, -0.1) is 0 Å². The van der Waals surface area contributed by atoms with Crippen molar-refractivity contribution in [2.24, 2.45) is 0 Å². The summed E-state index contributed by atoms with van der Waals surface area (Å²) in [6.07, 6.45) is 4.55. The summed E-state index contributed by atoms with van der Waals surface area (Å²) in [4.78, 5) is 0. The van der Waals surface area contributed by atoms with Gasteiger partial charge in [-0.2, -0.15) is 5.10 Å². The van der Waals surface area contributed by atoms with E-state index < -0.39 is 0 Å². The van der Waals surface area contributed by atoms with E-state index >= 15 is 0 Å². The molecular weight excluding hydrogens is 174 g/mol. The minimum atomic E-state index is 0.575. The maximum absolute atomic E-state index is 4.17. The number of hydrogen-bond donors (Lipinski definition) is 2. The average Bonchev–Trinajstić information content (AvgIpc) is 2.67. The van der Waals surface area contributed by atoms with Gasteiger partial charge in [0.25, 0.3) is 0 Å². The summed E-state index contributed by atoms with van der Waals surface area (Å²) in [5, 5.41) is 10.8. The Balaban J connectivity index is 2.17. The molecule has 0 amide bonds. The van der Waals surface area contributed by atoms with E-state index in [1.807, 2.05) is 6.20 Å². The summed E-state index contributed by atoms with van der Waals surface area (Å²) >= 11 is 0. The molecule has 1 saturated heterocycles. The Morgan fingerprint density at radius 2 is 2.36 bits per heavy atom. The molecule has 0 spiro atoms. The number of nitrogens with one attached hydrogen (secondary N) is 2. The maximum Gasteiger partial charge on any atom is 0.0524 e. The van der Waals surface area contributed by atoms with Crippen LogP contribution in [0.1, 0.15) is 49.8 Å². The highest BCUT2D eigenvalue weighted by Crippen LogP contribution is 2.28. The van der Waals surface area contributed by atoms with Gasteiger partial charge in [-0.05, 0) is 30.9 Å². The summed E-state index contributed by atoms with van der Waals surface area (Å²) in [5.41, 5.74) is 2.74. The lowest BCUT2D eigenvalue weighted by atomic mass is 9.90. The molecule has 14 heavy (non-hydrogen) atoms. The Morgan fingerprint density at radius 3 is 3.00 bits per heavy atom. The lowest BCUT2D eigenvalue weighted by Gasteiger charge is -2.23. The lowest BCUT2D eigenvalue weighted by molar-refractivity contribution is 0.451. The van der Waals surface area contributed by atoms with E-state index in [1.165, 1.54) is 30.6 Å². The lowest BCUT2D eigenvalue weighted by Crippen LogP contribution is -2.29. The highest BCUT2D eigenvalue weighted by molar-refractivity contribution is 5.24. The molecule has 1 aliphatic heterocycles. The highest BCUT2D eigenvalue weighted by atomic mass is 15.1. The zero-order valence-electron chi connectivity index (χ0n) is 9.01. The predicted octanol–water partition coefficient (Wildman–Crippen LogP) is 2.00. The van der Waals surface area contributed by atoms with Crippen LogP contribution in [0.25, 0.3) is 0 Å². The second-order valence-electron chi connectivity index (χ2n) is 4.44. The van der Waals surface area contributed by atoms with Crippen LogP contribution in [0.15, 0.2) is 6.20 Å². The summed E-state index contributed by atoms with van der Waals surface area (Å²) < 4.78 is 0. The number of H-pyrrole nitrogens is 1. The summed E-state index contributed by atoms with van der Waals surface area (Å²) in [6, 6.07) is 0. The van der Waals surface area contributed by atoms with Gasteiger partial charge in [0.2, 0.25) is 0 Å². The van der Waals surface area contributed by atoms with Crippen molar-refractivity contribution in [2.75, 3.05) is 13.1 Å². The molecule has 1 aromatic rings. The van der Waals surface area contributed by atoms with Crippen molar-refractivity contribution >= 4 is 0 Å². The summed E-state index contributed by atoms with van der Waals surface area (Å²) in [5.74, 6) is 1.22. The minimum Gasteiger partial charge on any atom is -0.316 e. The zero-order chi connectivity index (χ0) is 9.97. The largest absolute Gasteiger partial charge is 0.316 e. The molecule has 3 nitrogen and oxygen atoms in total. The van der Waals surface area contributed by atoms with Crippen molar-refractivity contribution in [2.45, 2.75) is 38.5 Å². The van der Waals surface area contributed by atoms with Crippen LogP contribution < -0.4 is 5.32 Å². The Morgan fingerprint density at radius 1 is 1.50 bits per heavy atom. The van der Waals surface area contributed by atoms with E-state index in [0.29, 0.717) is 11.8 Å². The van der Waals surface area contributed by atoms with Gasteiger partial charge in [0.15, 0.2) is 0 Å². The molecule has 1 atom stereocenters. The zero-order valence-corrected chi connectivity index (χ0v) is 9.01. The van der Waals surface area contributed by atoms with Crippen LogP contribution in [0.4, 0.5) is 0 Å². The molecule has 0 saturated carbocycles. The molecule has 0 aliphatic carbocycles. The van der Waals surface area contributed by atoms with E-state index in [9.17, 15) is 0 Å². The quantitative estimate of drug-likeness (QED) is 0.754. The number of aromatic nitrogens is 2. The Hall–Kier alpha value is -0.830. The van der Waals surface area contributed by atoms with Crippen LogP contribution in [0.2, 0.25) is 0 Å². The third kappa shape index (κ3) is 1.82. The van der Waals surface area contributed by atoms with Crippen molar-refractivity contribution in [3.8, 4) is 0 Å². The van der Waals surface area contributed by atoms with Crippen LogP contribution >= 0.6 is 0 Å². The number of hydrogen-bond acceptors (Lipinski definition) is 2. The Bertz CT molecular complexity index is 284. The second-order valence-corrected chi connectivity index (χ2v) is 4.44. The van der Waals surface area contributed by atoms with Gasteiger partial charge in [-0.3, -0.25) is 5.10 Å². The molecule has 1 fully saturated rings. The SMILES string of the molecule is CC(C)c1cn[nH]c1[C@@H]1CCCNC1. The summed E-state index contributed by atoms with van der Waals surface area (Å²) in [6.45, 7) is 6.72. The molecule has 78 valence electrons. The first-order valence-corrected chi connectivity index (χ1v) is 5.53. The van der Waals surface area contributed by atoms with Crippen LogP contribution in [0, 0.1) is 0 Å². The molecule has 0 radical (unpaired) electrons. The topological polar surface area (TPSA) is 40.7 Å². The molecule has 2 N–H and O–H groups in total. The Labute approximate surface area is 85.3 Å².